The van der Waals surface area contributed by atoms with E-state index >= 15 is 0 Å². The number of rotatable bonds is 5. The second-order valence-corrected chi connectivity index (χ2v) is 6.44. The fourth-order valence-electron chi connectivity index (χ4n) is 3.23. The zero-order chi connectivity index (χ0) is 12.5. The summed E-state index contributed by atoms with van der Waals surface area (Å²) in [7, 11) is 1.79. The van der Waals surface area contributed by atoms with Crippen LogP contribution < -0.4 is 5.73 Å². The van der Waals surface area contributed by atoms with Gasteiger partial charge in [0.05, 0.1) is 6.61 Å². The normalized spacial score (nSPS) is 33.0. The Morgan fingerprint density at radius 1 is 1.29 bits per heavy atom. The van der Waals surface area contributed by atoms with Gasteiger partial charge in [0, 0.05) is 31.8 Å². The van der Waals surface area contributed by atoms with E-state index in [0.717, 1.165) is 19.2 Å². The van der Waals surface area contributed by atoms with Crippen LogP contribution in [0.25, 0.3) is 0 Å². The van der Waals surface area contributed by atoms with Gasteiger partial charge < -0.3 is 10.5 Å². The molecule has 2 atom stereocenters. The quantitative estimate of drug-likeness (QED) is 0.799. The number of methoxy groups -OCH3 is 1. The Hall–Kier alpha value is -0.120. The van der Waals surface area contributed by atoms with Crippen LogP contribution in [-0.4, -0.2) is 43.3 Å². The zero-order valence-electron chi connectivity index (χ0n) is 11.6. The second kappa shape index (κ2) is 5.25. The molecule has 0 aromatic heterocycles. The molecule has 100 valence electrons. The first-order valence-corrected chi connectivity index (χ1v) is 7.06. The Bertz CT molecular complexity index is 251. The average Bonchev–Trinajstić information content (AvgIpc) is 3.08. The molecule has 0 heterocycles. The lowest BCUT2D eigenvalue weighted by atomic mass is 9.70. The molecule has 0 spiro atoms. The lowest BCUT2D eigenvalue weighted by Crippen LogP contribution is -2.58. The molecule has 0 aromatic rings. The molecule has 2 aliphatic rings. The summed E-state index contributed by atoms with van der Waals surface area (Å²) in [4.78, 5) is 2.63. The van der Waals surface area contributed by atoms with Crippen molar-refractivity contribution in [3.63, 3.8) is 0 Å². The minimum atomic E-state index is 0.295. The molecule has 0 radical (unpaired) electrons. The summed E-state index contributed by atoms with van der Waals surface area (Å²) in [6, 6.07) is 1.67. The summed E-state index contributed by atoms with van der Waals surface area (Å²) < 4.78 is 5.25. The highest BCUT2D eigenvalue weighted by Crippen LogP contribution is 2.40. The van der Waals surface area contributed by atoms with Gasteiger partial charge in [-0.2, -0.15) is 0 Å². The number of nitrogens with two attached hydrogens (primary N) is 1. The van der Waals surface area contributed by atoms with Crippen molar-refractivity contribution in [2.24, 2.45) is 11.1 Å². The van der Waals surface area contributed by atoms with Crippen LogP contribution >= 0.6 is 0 Å². The van der Waals surface area contributed by atoms with Gasteiger partial charge in [0.15, 0.2) is 0 Å². The topological polar surface area (TPSA) is 38.5 Å². The SMILES string of the molecule is COCCN(C1CC1)C1CCCC(C)(C)C1N. The van der Waals surface area contributed by atoms with E-state index in [0.29, 0.717) is 17.5 Å². The summed E-state index contributed by atoms with van der Waals surface area (Å²) >= 11 is 0. The minimum Gasteiger partial charge on any atom is -0.383 e. The number of hydrogen-bond donors (Lipinski definition) is 1. The molecule has 0 bridgehead atoms. The van der Waals surface area contributed by atoms with Crippen LogP contribution in [0.2, 0.25) is 0 Å². The Balaban J connectivity index is 2.01. The summed E-state index contributed by atoms with van der Waals surface area (Å²) in [5.74, 6) is 0. The lowest BCUT2D eigenvalue weighted by Gasteiger charge is -2.46. The maximum absolute atomic E-state index is 6.51. The molecular weight excluding hydrogens is 212 g/mol. The molecule has 2 fully saturated rings. The molecule has 2 saturated carbocycles. The van der Waals surface area contributed by atoms with Crippen molar-refractivity contribution < 1.29 is 4.74 Å². The van der Waals surface area contributed by atoms with Crippen molar-refractivity contribution in [1.29, 1.82) is 0 Å². The van der Waals surface area contributed by atoms with Gasteiger partial charge in [-0.05, 0) is 31.1 Å². The van der Waals surface area contributed by atoms with Gasteiger partial charge in [0.2, 0.25) is 0 Å². The number of hydrogen-bond acceptors (Lipinski definition) is 3. The molecule has 0 aliphatic heterocycles. The highest BCUT2D eigenvalue weighted by atomic mass is 16.5. The van der Waals surface area contributed by atoms with Crippen molar-refractivity contribution >= 4 is 0 Å². The standard InChI is InChI=1S/C14H28N2O/c1-14(2)8-4-5-12(13(14)15)16(9-10-17-3)11-6-7-11/h11-13H,4-10,15H2,1-3H3. The zero-order valence-corrected chi connectivity index (χ0v) is 11.6. The lowest BCUT2D eigenvalue weighted by molar-refractivity contribution is 0.0434. The minimum absolute atomic E-state index is 0.295. The van der Waals surface area contributed by atoms with Gasteiger partial charge in [-0.15, -0.1) is 0 Å². The largest absolute Gasteiger partial charge is 0.383 e. The van der Waals surface area contributed by atoms with Gasteiger partial charge in [-0.1, -0.05) is 20.3 Å². The molecule has 0 aromatic carbocycles. The molecule has 0 saturated heterocycles. The number of nitrogens with zero attached hydrogens (tertiary/aromatic N) is 1. The fourth-order valence-corrected chi connectivity index (χ4v) is 3.23. The molecule has 3 nitrogen and oxygen atoms in total. The van der Waals surface area contributed by atoms with Gasteiger partial charge in [-0.25, -0.2) is 0 Å². The van der Waals surface area contributed by atoms with E-state index in [2.05, 4.69) is 18.7 Å². The highest BCUT2D eigenvalue weighted by molar-refractivity contribution is 5.00. The van der Waals surface area contributed by atoms with Crippen molar-refractivity contribution in [2.45, 2.75) is 64.1 Å². The molecule has 2 aliphatic carbocycles. The van der Waals surface area contributed by atoms with E-state index in [9.17, 15) is 0 Å². The summed E-state index contributed by atoms with van der Waals surface area (Å²) in [5, 5.41) is 0. The van der Waals surface area contributed by atoms with Crippen LogP contribution in [0.3, 0.4) is 0 Å². The monoisotopic (exact) mass is 240 g/mol. The predicted octanol–water partition coefficient (Wildman–Crippen LogP) is 2.00. The molecule has 2 unspecified atom stereocenters. The van der Waals surface area contributed by atoms with E-state index in [1.165, 1.54) is 32.1 Å². The fraction of sp³-hybridized carbons (Fsp3) is 1.00. The predicted molar refractivity (Wildman–Crippen MR) is 71.0 cm³/mol. The van der Waals surface area contributed by atoms with Crippen LogP contribution in [0.5, 0.6) is 0 Å². The summed E-state index contributed by atoms with van der Waals surface area (Å²) in [6.45, 7) is 6.53. The first kappa shape index (κ1) is 13.3. The van der Waals surface area contributed by atoms with Gasteiger partial charge in [0.1, 0.15) is 0 Å². The Morgan fingerprint density at radius 3 is 2.59 bits per heavy atom. The van der Waals surface area contributed by atoms with Gasteiger partial charge >= 0.3 is 0 Å². The van der Waals surface area contributed by atoms with Crippen LogP contribution in [0.4, 0.5) is 0 Å². The van der Waals surface area contributed by atoms with Gasteiger partial charge in [-0.3, -0.25) is 4.90 Å². The third-order valence-corrected chi connectivity index (χ3v) is 4.63. The molecule has 2 N–H and O–H groups in total. The second-order valence-electron chi connectivity index (χ2n) is 6.44. The Labute approximate surface area is 106 Å². The van der Waals surface area contributed by atoms with Crippen LogP contribution in [0.15, 0.2) is 0 Å². The molecular formula is C14H28N2O. The van der Waals surface area contributed by atoms with Crippen LogP contribution in [0.1, 0.15) is 46.0 Å². The summed E-state index contributed by atoms with van der Waals surface area (Å²) in [5.41, 5.74) is 6.81. The Kier molecular flexibility index (Phi) is 4.11. The Morgan fingerprint density at radius 2 is 2.00 bits per heavy atom. The molecule has 3 heteroatoms. The van der Waals surface area contributed by atoms with E-state index in [-0.39, 0.29) is 0 Å². The molecule has 0 amide bonds. The first-order chi connectivity index (χ1) is 8.06. The van der Waals surface area contributed by atoms with Crippen molar-refractivity contribution in [1.82, 2.24) is 4.90 Å². The maximum atomic E-state index is 6.51. The van der Waals surface area contributed by atoms with Crippen LogP contribution in [0, 0.1) is 5.41 Å². The van der Waals surface area contributed by atoms with Gasteiger partial charge in [0.25, 0.3) is 0 Å². The maximum Gasteiger partial charge on any atom is 0.0589 e. The molecule has 17 heavy (non-hydrogen) atoms. The highest BCUT2D eigenvalue weighted by Gasteiger charge is 2.43. The smallest absolute Gasteiger partial charge is 0.0589 e. The van der Waals surface area contributed by atoms with Crippen molar-refractivity contribution in [3.05, 3.63) is 0 Å². The van der Waals surface area contributed by atoms with E-state index < -0.39 is 0 Å². The van der Waals surface area contributed by atoms with Crippen molar-refractivity contribution in [3.8, 4) is 0 Å². The first-order valence-electron chi connectivity index (χ1n) is 7.06. The third-order valence-electron chi connectivity index (χ3n) is 4.63. The summed E-state index contributed by atoms with van der Waals surface area (Å²) in [6.07, 6.45) is 6.57. The van der Waals surface area contributed by atoms with E-state index in [1.807, 2.05) is 0 Å². The number of ether oxygens (including phenoxy) is 1. The third kappa shape index (κ3) is 3.01. The van der Waals surface area contributed by atoms with Crippen LogP contribution in [-0.2, 0) is 4.74 Å². The van der Waals surface area contributed by atoms with E-state index in [4.69, 9.17) is 10.5 Å². The van der Waals surface area contributed by atoms with Crippen molar-refractivity contribution in [2.75, 3.05) is 20.3 Å². The average molecular weight is 240 g/mol. The molecule has 2 rings (SSSR count). The van der Waals surface area contributed by atoms with E-state index in [1.54, 1.807) is 7.11 Å².